The van der Waals surface area contributed by atoms with E-state index < -0.39 is 24.0 Å². The van der Waals surface area contributed by atoms with Crippen molar-refractivity contribution in [1.29, 1.82) is 0 Å². The summed E-state index contributed by atoms with van der Waals surface area (Å²) in [5, 5.41) is 19.1. The van der Waals surface area contributed by atoms with Crippen LogP contribution in [0.3, 0.4) is 0 Å². The fourth-order valence-electron chi connectivity index (χ4n) is 2.72. The fourth-order valence-corrected chi connectivity index (χ4v) is 2.72. The van der Waals surface area contributed by atoms with Crippen LogP contribution >= 0.6 is 0 Å². The molecule has 0 saturated carbocycles. The van der Waals surface area contributed by atoms with Gasteiger partial charge in [-0.05, 0) is 44.9 Å². The van der Waals surface area contributed by atoms with E-state index in [0.717, 1.165) is 63.2 Å². The summed E-state index contributed by atoms with van der Waals surface area (Å²) in [5.74, 6) is -1.90. The van der Waals surface area contributed by atoms with Gasteiger partial charge >= 0.3 is 30.0 Å². The van der Waals surface area contributed by atoms with E-state index in [1.165, 1.54) is 6.08 Å². The number of isocyanates is 1. The zero-order valence-electron chi connectivity index (χ0n) is 26.6. The van der Waals surface area contributed by atoms with E-state index in [1.807, 2.05) is 0 Å². The number of amides is 1. The zero-order chi connectivity index (χ0) is 35.1. The number of nitrogens with zero attached hydrogens (tertiary/aromatic N) is 1. The van der Waals surface area contributed by atoms with Crippen LogP contribution < -0.4 is 5.32 Å². The Morgan fingerprint density at radius 1 is 0.617 bits per heavy atom. The van der Waals surface area contributed by atoms with Gasteiger partial charge in [0.15, 0.2) is 0 Å². The molecule has 1 amide bonds. The molecule has 0 aromatic heterocycles. The predicted octanol–water partition coefficient (Wildman–Crippen LogP) is 3.27. The standard InChI is InChI=1S/C19H29NO8.C6H7NO3.C6H14O2.CH4/c1-3-16(21)25-14-9-10-18(23)26-12-7-5-6-8-13-28-19(24)20-11-15-27-17(22)4-2;1-2-6(9)10-4-3-7-5-8;7-5-3-1-2-4-6-8;/h3-4H,1-2,5-15H2,(H,20,24);2H,1,3-4H2;7-8H,1-6H2;1H4. The van der Waals surface area contributed by atoms with E-state index in [0.29, 0.717) is 19.4 Å². The summed E-state index contributed by atoms with van der Waals surface area (Å²) in [4.78, 5) is 67.3. The average molecular weight is 675 g/mol. The molecule has 0 saturated heterocycles. The highest BCUT2D eigenvalue weighted by molar-refractivity contribution is 5.81. The molecule has 0 aromatic rings. The largest absolute Gasteiger partial charge is 0.466 e. The van der Waals surface area contributed by atoms with Crippen LogP contribution in [0.25, 0.3) is 0 Å². The molecule has 15 nitrogen and oxygen atoms in total. The molecule has 0 spiro atoms. The molecule has 0 rings (SSSR count). The summed E-state index contributed by atoms with van der Waals surface area (Å²) in [6.07, 6.45) is 11.4. The number of aliphatic hydroxyl groups is 2. The summed E-state index contributed by atoms with van der Waals surface area (Å²) >= 11 is 0. The van der Waals surface area contributed by atoms with Crippen LogP contribution in [0.1, 0.15) is 71.6 Å². The lowest BCUT2D eigenvalue weighted by Gasteiger charge is -2.07. The topological polar surface area (TPSA) is 213 Å². The molecule has 270 valence electrons. The molecule has 0 heterocycles. The maximum atomic E-state index is 11.5. The number of hydrogen-bond donors (Lipinski definition) is 3. The number of aliphatic hydroxyl groups excluding tert-OH is 2. The SMILES string of the molecule is C.C=CC(=O)OCCCC(=O)OCCCCCCOC(=O)NCCOC(=O)C=C.C=CC(=O)OCCN=C=O.OCCCCCCO. The third kappa shape index (κ3) is 46.2. The van der Waals surface area contributed by atoms with Gasteiger partial charge in [-0.3, -0.25) is 4.79 Å². The van der Waals surface area contributed by atoms with Crippen molar-refractivity contribution >= 4 is 36.1 Å². The summed E-state index contributed by atoms with van der Waals surface area (Å²) in [6.45, 7) is 11.5. The van der Waals surface area contributed by atoms with Crippen molar-refractivity contribution in [1.82, 2.24) is 5.32 Å². The van der Waals surface area contributed by atoms with Gasteiger partial charge in [0, 0.05) is 37.9 Å². The molecule has 0 aliphatic heterocycles. The number of carbonyl (C=O) groups excluding carboxylic acids is 6. The maximum Gasteiger partial charge on any atom is 0.407 e. The molecule has 0 unspecified atom stereocenters. The Hall–Kier alpha value is -4.33. The highest BCUT2D eigenvalue weighted by Crippen LogP contribution is 2.02. The highest BCUT2D eigenvalue weighted by Gasteiger charge is 2.05. The Bertz CT molecular complexity index is 851. The van der Waals surface area contributed by atoms with Crippen LogP contribution in [-0.2, 0) is 47.7 Å². The van der Waals surface area contributed by atoms with Crippen LogP contribution in [0, 0.1) is 0 Å². The number of aliphatic imine (C=N–C) groups is 1. The molecule has 47 heavy (non-hydrogen) atoms. The molecule has 0 atom stereocenters. The van der Waals surface area contributed by atoms with Gasteiger partial charge in [0.2, 0.25) is 6.08 Å². The Morgan fingerprint density at radius 2 is 1.06 bits per heavy atom. The first-order valence-electron chi connectivity index (χ1n) is 14.9. The van der Waals surface area contributed by atoms with Gasteiger partial charge in [-0.15, -0.1) is 0 Å². The van der Waals surface area contributed by atoms with Gasteiger partial charge < -0.3 is 39.2 Å². The Morgan fingerprint density at radius 3 is 1.55 bits per heavy atom. The minimum absolute atomic E-state index is 0. The second-order valence-corrected chi connectivity index (χ2v) is 8.75. The summed E-state index contributed by atoms with van der Waals surface area (Å²) in [7, 11) is 0. The minimum atomic E-state index is -0.567. The van der Waals surface area contributed by atoms with E-state index in [-0.39, 0.29) is 72.5 Å². The lowest BCUT2D eigenvalue weighted by Crippen LogP contribution is -2.28. The van der Waals surface area contributed by atoms with Crippen molar-refractivity contribution in [3.8, 4) is 0 Å². The number of ether oxygens (including phenoxy) is 5. The van der Waals surface area contributed by atoms with Crippen LogP contribution in [-0.4, -0.2) is 106 Å². The number of unbranched alkanes of at least 4 members (excludes halogenated alkanes) is 6. The lowest BCUT2D eigenvalue weighted by atomic mass is 10.2. The summed E-state index contributed by atoms with van der Waals surface area (Å²) in [5.41, 5.74) is 0. The summed E-state index contributed by atoms with van der Waals surface area (Å²) < 4.78 is 23.9. The molecule has 3 N–H and O–H groups in total. The number of rotatable bonds is 25. The molecule has 15 heteroatoms. The monoisotopic (exact) mass is 674 g/mol. The number of hydrogen-bond acceptors (Lipinski definition) is 14. The molecule has 0 aliphatic carbocycles. The van der Waals surface area contributed by atoms with Crippen molar-refractivity contribution < 1.29 is 62.7 Å². The molecule has 0 bridgehead atoms. The third-order valence-corrected chi connectivity index (χ3v) is 5.00. The summed E-state index contributed by atoms with van der Waals surface area (Å²) in [6, 6.07) is 0. The number of nitrogens with one attached hydrogen (secondary N) is 1. The second-order valence-electron chi connectivity index (χ2n) is 8.75. The third-order valence-electron chi connectivity index (χ3n) is 5.00. The van der Waals surface area contributed by atoms with Crippen molar-refractivity contribution in [2.24, 2.45) is 4.99 Å². The van der Waals surface area contributed by atoms with Crippen LogP contribution in [0.5, 0.6) is 0 Å². The molecule has 0 aliphatic rings. The van der Waals surface area contributed by atoms with Gasteiger partial charge in [0.25, 0.3) is 0 Å². The molecule has 0 radical (unpaired) electrons. The number of alkyl carbamates (subject to hydrolysis) is 1. The molecule has 0 aromatic carbocycles. The quantitative estimate of drug-likeness (QED) is 0.0317. The van der Waals surface area contributed by atoms with Crippen molar-refractivity contribution in [3.05, 3.63) is 38.0 Å². The first-order chi connectivity index (χ1) is 22.2. The zero-order valence-corrected chi connectivity index (χ0v) is 26.6. The number of carbonyl (C=O) groups is 5. The van der Waals surface area contributed by atoms with E-state index in [4.69, 9.17) is 29.2 Å². The van der Waals surface area contributed by atoms with Gasteiger partial charge in [-0.1, -0.05) is 40.0 Å². The van der Waals surface area contributed by atoms with E-state index >= 15 is 0 Å². The van der Waals surface area contributed by atoms with E-state index in [1.54, 1.807) is 0 Å². The lowest BCUT2D eigenvalue weighted by molar-refractivity contribution is -0.145. The fraction of sp³-hybridized carbons (Fsp3) is 0.625. The molecular formula is C32H54N2O13. The van der Waals surface area contributed by atoms with Crippen molar-refractivity contribution in [2.75, 3.05) is 59.3 Å². The molecular weight excluding hydrogens is 620 g/mol. The average Bonchev–Trinajstić information content (AvgIpc) is 3.06. The Kier molecular flexibility index (Phi) is 43.9. The van der Waals surface area contributed by atoms with E-state index in [9.17, 15) is 28.8 Å². The maximum absolute atomic E-state index is 11.5. The normalized spacial score (nSPS) is 9.06. The van der Waals surface area contributed by atoms with Crippen LogP contribution in [0.15, 0.2) is 43.0 Å². The van der Waals surface area contributed by atoms with Crippen LogP contribution in [0.2, 0.25) is 0 Å². The van der Waals surface area contributed by atoms with Crippen molar-refractivity contribution in [2.45, 2.75) is 71.6 Å². The molecule has 0 fully saturated rings. The minimum Gasteiger partial charge on any atom is -0.466 e. The Labute approximate surface area is 278 Å². The van der Waals surface area contributed by atoms with Crippen LogP contribution in [0.4, 0.5) is 4.79 Å². The van der Waals surface area contributed by atoms with Crippen molar-refractivity contribution in [3.63, 3.8) is 0 Å². The smallest absolute Gasteiger partial charge is 0.407 e. The predicted molar refractivity (Wildman–Crippen MR) is 174 cm³/mol. The van der Waals surface area contributed by atoms with Gasteiger partial charge in [0.05, 0.1) is 32.9 Å². The van der Waals surface area contributed by atoms with Gasteiger partial charge in [-0.2, -0.15) is 0 Å². The first kappa shape index (κ1) is 49.5. The second kappa shape index (κ2) is 41.7. The van der Waals surface area contributed by atoms with Gasteiger partial charge in [0.1, 0.15) is 13.2 Å². The van der Waals surface area contributed by atoms with E-state index in [2.05, 4.69) is 34.8 Å². The number of esters is 4. The Balaban J connectivity index is -0.000000396. The first-order valence-corrected chi connectivity index (χ1v) is 14.9. The highest BCUT2D eigenvalue weighted by atomic mass is 16.6. The van der Waals surface area contributed by atoms with Gasteiger partial charge in [-0.25, -0.2) is 29.0 Å².